The molecule has 0 aromatic heterocycles. The van der Waals surface area contributed by atoms with Gasteiger partial charge in [-0.05, 0) is 52.3 Å². The largest absolute Gasteiger partial charge is 0.573 e. The molecule has 0 spiro atoms. The normalized spacial score (nSPS) is 11.3. The van der Waals surface area contributed by atoms with Crippen molar-refractivity contribution >= 4 is 33.2 Å². The lowest BCUT2D eigenvalue weighted by Gasteiger charge is -2.12. The van der Waals surface area contributed by atoms with E-state index in [0.717, 1.165) is 6.07 Å². The van der Waals surface area contributed by atoms with Crippen molar-refractivity contribution in [2.24, 2.45) is 0 Å². The quantitative estimate of drug-likeness (QED) is 0.725. The highest BCUT2D eigenvalue weighted by molar-refractivity contribution is 9.10. The number of alkyl halides is 3. The van der Waals surface area contributed by atoms with Gasteiger partial charge in [-0.2, -0.15) is 0 Å². The standard InChI is InChI=1S/C13H8BrClF3NO2/c14-9-6-8(2-4-11(9)21-13(16,17)18)20-12-3-1-7(19)5-10(12)15/h1-6H,19H2. The van der Waals surface area contributed by atoms with Gasteiger partial charge in [0.05, 0.1) is 9.50 Å². The van der Waals surface area contributed by atoms with Crippen molar-refractivity contribution in [3.63, 3.8) is 0 Å². The fraction of sp³-hybridized carbons (Fsp3) is 0.0769. The Kier molecular flexibility index (Phi) is 4.53. The van der Waals surface area contributed by atoms with Crippen LogP contribution in [0, 0.1) is 0 Å². The van der Waals surface area contributed by atoms with Crippen molar-refractivity contribution in [3.05, 3.63) is 45.9 Å². The molecule has 3 nitrogen and oxygen atoms in total. The van der Waals surface area contributed by atoms with Gasteiger partial charge >= 0.3 is 6.36 Å². The molecule has 0 amide bonds. The van der Waals surface area contributed by atoms with Gasteiger partial charge in [-0.25, -0.2) is 0 Å². The van der Waals surface area contributed by atoms with Gasteiger partial charge in [0.15, 0.2) is 0 Å². The second-order valence-corrected chi connectivity index (χ2v) is 5.19. The molecule has 2 aromatic carbocycles. The molecule has 2 N–H and O–H groups in total. The second-order valence-electron chi connectivity index (χ2n) is 3.93. The van der Waals surface area contributed by atoms with E-state index < -0.39 is 6.36 Å². The molecule has 2 rings (SSSR count). The number of nitrogen functional groups attached to an aromatic ring is 1. The summed E-state index contributed by atoms with van der Waals surface area (Å²) in [6, 6.07) is 8.47. The molecule has 0 aliphatic carbocycles. The second kappa shape index (κ2) is 6.03. The van der Waals surface area contributed by atoms with E-state index in [9.17, 15) is 13.2 Å². The summed E-state index contributed by atoms with van der Waals surface area (Å²) in [7, 11) is 0. The van der Waals surface area contributed by atoms with Crippen molar-refractivity contribution in [2.45, 2.75) is 6.36 Å². The van der Waals surface area contributed by atoms with Crippen molar-refractivity contribution in [2.75, 3.05) is 5.73 Å². The first-order valence-electron chi connectivity index (χ1n) is 5.53. The number of nitrogens with two attached hydrogens (primary N) is 1. The van der Waals surface area contributed by atoms with Gasteiger partial charge in [0.1, 0.15) is 17.2 Å². The predicted octanol–water partition coefficient (Wildman–Crippen LogP) is 5.38. The number of rotatable bonds is 3. The zero-order chi connectivity index (χ0) is 15.6. The first-order chi connectivity index (χ1) is 9.74. The number of ether oxygens (including phenoxy) is 2. The lowest BCUT2D eigenvalue weighted by Crippen LogP contribution is -2.17. The number of hydrogen-bond donors (Lipinski definition) is 1. The van der Waals surface area contributed by atoms with Crippen molar-refractivity contribution in [1.29, 1.82) is 0 Å². The third kappa shape index (κ3) is 4.44. The Balaban J connectivity index is 2.20. The minimum Gasteiger partial charge on any atom is -0.456 e. The van der Waals surface area contributed by atoms with Crippen LogP contribution in [0.4, 0.5) is 18.9 Å². The van der Waals surface area contributed by atoms with E-state index in [0.29, 0.717) is 22.2 Å². The number of halogens is 5. The van der Waals surface area contributed by atoms with Crippen LogP contribution in [0.3, 0.4) is 0 Å². The van der Waals surface area contributed by atoms with Crippen molar-refractivity contribution in [3.8, 4) is 17.2 Å². The predicted molar refractivity (Wildman–Crippen MR) is 76.8 cm³/mol. The summed E-state index contributed by atoms with van der Waals surface area (Å²) in [5, 5.41) is 0.293. The summed E-state index contributed by atoms with van der Waals surface area (Å²) in [6.45, 7) is 0. The van der Waals surface area contributed by atoms with Gasteiger partial charge in [0, 0.05) is 5.69 Å². The Morgan fingerprint density at radius 3 is 2.29 bits per heavy atom. The monoisotopic (exact) mass is 381 g/mol. The zero-order valence-electron chi connectivity index (χ0n) is 10.2. The highest BCUT2D eigenvalue weighted by Crippen LogP contribution is 2.36. The van der Waals surface area contributed by atoms with Crippen LogP contribution >= 0.6 is 27.5 Å². The van der Waals surface area contributed by atoms with Crippen LogP contribution in [0.15, 0.2) is 40.9 Å². The van der Waals surface area contributed by atoms with Gasteiger partial charge in [-0.3, -0.25) is 0 Å². The van der Waals surface area contributed by atoms with E-state index in [4.69, 9.17) is 22.1 Å². The first-order valence-corrected chi connectivity index (χ1v) is 6.70. The number of hydrogen-bond acceptors (Lipinski definition) is 3. The van der Waals surface area contributed by atoms with E-state index in [1.54, 1.807) is 12.1 Å². The van der Waals surface area contributed by atoms with E-state index in [1.165, 1.54) is 18.2 Å². The Bertz CT molecular complexity index is 664. The van der Waals surface area contributed by atoms with Gasteiger partial charge in [0.2, 0.25) is 0 Å². The van der Waals surface area contributed by atoms with Crippen LogP contribution < -0.4 is 15.2 Å². The average Bonchev–Trinajstić information content (AvgIpc) is 2.35. The topological polar surface area (TPSA) is 44.5 Å². The molecule has 0 radical (unpaired) electrons. The molecule has 0 unspecified atom stereocenters. The highest BCUT2D eigenvalue weighted by Gasteiger charge is 2.32. The van der Waals surface area contributed by atoms with E-state index in [2.05, 4.69) is 20.7 Å². The molecule has 8 heteroatoms. The van der Waals surface area contributed by atoms with Crippen LogP contribution in [0.1, 0.15) is 0 Å². The molecular formula is C13H8BrClF3NO2. The fourth-order valence-corrected chi connectivity index (χ4v) is 2.15. The summed E-state index contributed by atoms with van der Waals surface area (Å²) in [6.07, 6.45) is -4.76. The van der Waals surface area contributed by atoms with Crippen LogP contribution in [0.25, 0.3) is 0 Å². The SMILES string of the molecule is Nc1ccc(Oc2ccc(OC(F)(F)F)c(Br)c2)c(Cl)c1. The third-order valence-electron chi connectivity index (χ3n) is 2.31. The maximum atomic E-state index is 12.2. The van der Waals surface area contributed by atoms with Crippen molar-refractivity contribution < 1.29 is 22.6 Å². The molecule has 2 aromatic rings. The van der Waals surface area contributed by atoms with Crippen LogP contribution in [0.5, 0.6) is 17.2 Å². The summed E-state index contributed by atoms with van der Waals surface area (Å²) >= 11 is 8.93. The Morgan fingerprint density at radius 1 is 1.05 bits per heavy atom. The lowest BCUT2D eigenvalue weighted by atomic mass is 10.3. The fourth-order valence-electron chi connectivity index (χ4n) is 1.48. The minimum absolute atomic E-state index is 0.101. The van der Waals surface area contributed by atoms with E-state index >= 15 is 0 Å². The highest BCUT2D eigenvalue weighted by atomic mass is 79.9. The molecule has 0 bridgehead atoms. The van der Waals surface area contributed by atoms with Crippen LogP contribution in [-0.2, 0) is 0 Å². The molecule has 21 heavy (non-hydrogen) atoms. The lowest BCUT2D eigenvalue weighted by molar-refractivity contribution is -0.274. The number of benzene rings is 2. The van der Waals surface area contributed by atoms with Crippen LogP contribution in [0.2, 0.25) is 5.02 Å². The molecule has 0 aliphatic heterocycles. The smallest absolute Gasteiger partial charge is 0.456 e. The summed E-state index contributed by atoms with van der Waals surface area (Å²) in [5.41, 5.74) is 6.03. The van der Waals surface area contributed by atoms with Gasteiger partial charge in [-0.1, -0.05) is 11.6 Å². The Labute approximate surface area is 131 Å². The van der Waals surface area contributed by atoms with E-state index in [-0.39, 0.29) is 10.2 Å². The minimum atomic E-state index is -4.76. The molecule has 0 saturated carbocycles. The Hall–Kier alpha value is -1.60. The maximum Gasteiger partial charge on any atom is 0.573 e. The molecule has 0 heterocycles. The van der Waals surface area contributed by atoms with Gasteiger partial charge in [-0.15, -0.1) is 13.2 Å². The molecular weight excluding hydrogens is 374 g/mol. The van der Waals surface area contributed by atoms with E-state index in [1.807, 2.05) is 0 Å². The third-order valence-corrected chi connectivity index (χ3v) is 3.23. The summed E-state index contributed by atoms with van der Waals surface area (Å²) in [4.78, 5) is 0. The zero-order valence-corrected chi connectivity index (χ0v) is 12.6. The number of anilines is 1. The molecule has 0 atom stereocenters. The molecule has 0 aliphatic rings. The van der Waals surface area contributed by atoms with Gasteiger partial charge < -0.3 is 15.2 Å². The molecule has 0 saturated heterocycles. The molecule has 0 fully saturated rings. The van der Waals surface area contributed by atoms with Gasteiger partial charge in [0.25, 0.3) is 0 Å². The van der Waals surface area contributed by atoms with Crippen LogP contribution in [-0.4, -0.2) is 6.36 Å². The van der Waals surface area contributed by atoms with Crippen molar-refractivity contribution in [1.82, 2.24) is 0 Å². The average molecular weight is 383 g/mol. The summed E-state index contributed by atoms with van der Waals surface area (Å²) in [5.74, 6) is 0.267. The molecule has 112 valence electrons. The Morgan fingerprint density at radius 2 is 1.71 bits per heavy atom. The summed E-state index contributed by atoms with van der Waals surface area (Å²) < 4.78 is 45.9. The first kappa shape index (κ1) is 15.8. The maximum absolute atomic E-state index is 12.2.